The molecule has 13 nitrogen and oxygen atoms in total. The van der Waals surface area contributed by atoms with Gasteiger partial charge >= 0.3 is 35.8 Å². The van der Waals surface area contributed by atoms with Crippen molar-refractivity contribution in [3.05, 3.63) is 57.6 Å². The molecule has 0 atom stereocenters. The van der Waals surface area contributed by atoms with Gasteiger partial charge in [-0.3, -0.25) is 0 Å². The first kappa shape index (κ1) is 24.5. The maximum absolute atomic E-state index is 12.4. The van der Waals surface area contributed by atoms with Crippen molar-refractivity contribution in [1.82, 2.24) is 0 Å². The van der Waals surface area contributed by atoms with E-state index in [1.165, 1.54) is 0 Å². The number of esters is 1. The van der Waals surface area contributed by atoms with Crippen LogP contribution in [0, 0.1) is 0 Å². The van der Waals surface area contributed by atoms with Gasteiger partial charge in [-0.25, -0.2) is 28.8 Å². The predicted octanol–water partition coefficient (Wildman–Crippen LogP) is 0.994. The molecule has 33 heavy (non-hydrogen) atoms. The highest BCUT2D eigenvalue weighted by atomic mass is 16.5. The van der Waals surface area contributed by atoms with Crippen molar-refractivity contribution in [1.29, 1.82) is 0 Å². The maximum Gasteiger partial charge on any atom is 0.339 e. The molecule has 0 saturated carbocycles. The highest BCUT2D eigenvalue weighted by Crippen LogP contribution is 2.34. The standard InChI is InChI=1S/C20H14O13/c21-1-2-33-20(32)12-6-8(16(24)25)4-10(14(12)19(30)31)9-3-7(15(22)23)5-11(17(26)27)13(9)18(28)29/h3-6,21H,1-2H2,(H,22,23)(H,24,25)(H,26,27)(H,28,29)(H,30,31). The Kier molecular flexibility index (Phi) is 7.10. The molecule has 2 aromatic carbocycles. The average molecular weight is 462 g/mol. The summed E-state index contributed by atoms with van der Waals surface area (Å²) in [6, 6.07) is 2.48. The minimum Gasteiger partial charge on any atom is -0.478 e. The molecule has 0 spiro atoms. The van der Waals surface area contributed by atoms with E-state index in [1.807, 2.05) is 0 Å². The van der Waals surface area contributed by atoms with Gasteiger partial charge in [-0.2, -0.15) is 0 Å². The maximum atomic E-state index is 12.4. The monoisotopic (exact) mass is 462 g/mol. The molecule has 0 radical (unpaired) electrons. The Balaban J connectivity index is 3.12. The van der Waals surface area contributed by atoms with Crippen LogP contribution in [-0.2, 0) is 4.74 Å². The lowest BCUT2D eigenvalue weighted by atomic mass is 9.87. The van der Waals surface area contributed by atoms with E-state index in [-0.39, 0.29) is 0 Å². The van der Waals surface area contributed by atoms with E-state index in [0.717, 1.165) is 0 Å². The molecule has 6 N–H and O–H groups in total. The van der Waals surface area contributed by atoms with Crippen LogP contribution in [0.2, 0.25) is 0 Å². The first-order valence-electron chi connectivity index (χ1n) is 8.71. The molecule has 0 aliphatic heterocycles. The van der Waals surface area contributed by atoms with Gasteiger partial charge in [0.2, 0.25) is 0 Å². The second-order valence-electron chi connectivity index (χ2n) is 6.28. The Morgan fingerprint density at radius 2 is 1.03 bits per heavy atom. The van der Waals surface area contributed by atoms with Crippen molar-refractivity contribution < 1.29 is 64.1 Å². The molecular formula is C20H14O13. The third kappa shape index (κ3) is 4.94. The Morgan fingerprint density at radius 3 is 1.39 bits per heavy atom. The fraction of sp³-hybridized carbons (Fsp3) is 0.100. The summed E-state index contributed by atoms with van der Waals surface area (Å²) >= 11 is 0. The van der Waals surface area contributed by atoms with Crippen LogP contribution in [0.1, 0.15) is 62.1 Å². The van der Waals surface area contributed by atoms with Gasteiger partial charge in [0.15, 0.2) is 0 Å². The second-order valence-corrected chi connectivity index (χ2v) is 6.28. The number of aliphatic hydroxyl groups is 1. The lowest BCUT2D eigenvalue weighted by molar-refractivity contribution is 0.0426. The van der Waals surface area contributed by atoms with Gasteiger partial charge in [-0.05, 0) is 35.4 Å². The van der Waals surface area contributed by atoms with Gasteiger partial charge in [0, 0.05) is 0 Å². The van der Waals surface area contributed by atoms with Crippen molar-refractivity contribution in [3.8, 4) is 11.1 Å². The Hall–Kier alpha value is -4.78. The molecule has 0 saturated heterocycles. The summed E-state index contributed by atoms with van der Waals surface area (Å²) in [5.41, 5.74) is -6.83. The molecule has 0 aliphatic rings. The predicted molar refractivity (Wildman–Crippen MR) is 104 cm³/mol. The highest BCUT2D eigenvalue weighted by molar-refractivity contribution is 6.14. The third-order valence-corrected chi connectivity index (χ3v) is 4.26. The largest absolute Gasteiger partial charge is 0.478 e. The molecule has 0 heterocycles. The smallest absolute Gasteiger partial charge is 0.339 e. The first-order chi connectivity index (χ1) is 15.4. The molecule has 0 amide bonds. The van der Waals surface area contributed by atoms with E-state index >= 15 is 0 Å². The fourth-order valence-corrected chi connectivity index (χ4v) is 2.96. The fourth-order valence-electron chi connectivity index (χ4n) is 2.96. The molecule has 0 fully saturated rings. The zero-order valence-electron chi connectivity index (χ0n) is 16.3. The summed E-state index contributed by atoms with van der Waals surface area (Å²) in [4.78, 5) is 70.9. The number of carbonyl (C=O) groups is 6. The number of carbonyl (C=O) groups excluding carboxylic acids is 1. The van der Waals surface area contributed by atoms with Crippen LogP contribution in [0.25, 0.3) is 11.1 Å². The van der Waals surface area contributed by atoms with Crippen molar-refractivity contribution in [2.45, 2.75) is 0 Å². The normalized spacial score (nSPS) is 10.3. The average Bonchev–Trinajstić information content (AvgIpc) is 2.74. The van der Waals surface area contributed by atoms with E-state index in [2.05, 4.69) is 4.74 Å². The van der Waals surface area contributed by atoms with Gasteiger partial charge in [0.05, 0.1) is 40.0 Å². The van der Waals surface area contributed by atoms with Crippen molar-refractivity contribution in [3.63, 3.8) is 0 Å². The molecule has 0 aliphatic carbocycles. The van der Waals surface area contributed by atoms with Crippen LogP contribution in [0.5, 0.6) is 0 Å². The number of hydrogen-bond acceptors (Lipinski definition) is 8. The summed E-state index contributed by atoms with van der Waals surface area (Å²) in [7, 11) is 0. The molecule has 2 aromatic rings. The van der Waals surface area contributed by atoms with Crippen LogP contribution in [-0.4, -0.2) is 79.7 Å². The summed E-state index contributed by atoms with van der Waals surface area (Å²) in [5.74, 6) is -10.3. The molecule has 13 heteroatoms. The van der Waals surface area contributed by atoms with Crippen LogP contribution < -0.4 is 0 Å². The SMILES string of the molecule is O=C(O)c1cc(C(=O)O)c(C(=O)O)c(-c2cc(C(=O)O)cc(C(=O)OCCO)c2C(=O)O)c1. The van der Waals surface area contributed by atoms with E-state index < -0.39 is 93.5 Å². The number of hydrogen-bond donors (Lipinski definition) is 6. The number of ether oxygens (including phenoxy) is 1. The minimum absolute atomic E-state index is 0.537. The summed E-state index contributed by atoms with van der Waals surface area (Å²) in [5, 5.41) is 56.2. The van der Waals surface area contributed by atoms with Crippen molar-refractivity contribution in [2.75, 3.05) is 13.2 Å². The quantitative estimate of drug-likeness (QED) is 0.286. The van der Waals surface area contributed by atoms with E-state index in [4.69, 9.17) is 5.11 Å². The van der Waals surface area contributed by atoms with Crippen LogP contribution in [0.4, 0.5) is 0 Å². The van der Waals surface area contributed by atoms with Crippen LogP contribution in [0.3, 0.4) is 0 Å². The summed E-state index contributed by atoms with van der Waals surface area (Å²) in [6.45, 7) is -1.23. The summed E-state index contributed by atoms with van der Waals surface area (Å²) in [6.07, 6.45) is 0. The minimum atomic E-state index is -1.89. The van der Waals surface area contributed by atoms with Crippen molar-refractivity contribution >= 4 is 35.8 Å². The Bertz CT molecular complexity index is 1210. The molecule has 2 rings (SSSR count). The molecule has 0 aromatic heterocycles. The second kappa shape index (κ2) is 9.57. The zero-order chi connectivity index (χ0) is 25.0. The van der Waals surface area contributed by atoms with E-state index in [9.17, 15) is 54.3 Å². The van der Waals surface area contributed by atoms with Crippen LogP contribution >= 0.6 is 0 Å². The lowest BCUT2D eigenvalue weighted by Crippen LogP contribution is -2.18. The van der Waals surface area contributed by atoms with Crippen molar-refractivity contribution in [2.24, 2.45) is 0 Å². The van der Waals surface area contributed by atoms with E-state index in [1.54, 1.807) is 0 Å². The van der Waals surface area contributed by atoms with Gasteiger partial charge in [0.25, 0.3) is 0 Å². The molecule has 172 valence electrons. The first-order valence-corrected chi connectivity index (χ1v) is 8.71. The topological polar surface area (TPSA) is 233 Å². The van der Waals surface area contributed by atoms with E-state index in [0.29, 0.717) is 24.3 Å². The lowest BCUT2D eigenvalue weighted by Gasteiger charge is -2.16. The molecular weight excluding hydrogens is 448 g/mol. The Morgan fingerprint density at radius 1 is 0.606 bits per heavy atom. The van der Waals surface area contributed by atoms with Gasteiger partial charge < -0.3 is 35.4 Å². The number of carboxylic acids is 5. The van der Waals surface area contributed by atoms with Gasteiger partial charge in [-0.1, -0.05) is 0 Å². The highest BCUT2D eigenvalue weighted by Gasteiger charge is 2.30. The summed E-state index contributed by atoms with van der Waals surface area (Å²) < 4.78 is 4.65. The number of carboxylic acid groups (broad SMARTS) is 5. The van der Waals surface area contributed by atoms with Crippen LogP contribution in [0.15, 0.2) is 24.3 Å². The van der Waals surface area contributed by atoms with Gasteiger partial charge in [-0.15, -0.1) is 0 Å². The number of benzene rings is 2. The number of aromatic carboxylic acids is 5. The number of aliphatic hydroxyl groups excluding tert-OH is 1. The third-order valence-electron chi connectivity index (χ3n) is 4.26. The molecule has 0 bridgehead atoms. The zero-order valence-corrected chi connectivity index (χ0v) is 16.3. The number of rotatable bonds is 9. The van der Waals surface area contributed by atoms with Gasteiger partial charge in [0.1, 0.15) is 6.61 Å². The molecule has 0 unspecified atom stereocenters. The Labute approximate surface area is 182 Å².